The minimum absolute atomic E-state index is 0.00843. The Bertz CT molecular complexity index is 623. The van der Waals surface area contributed by atoms with Gasteiger partial charge in [-0.3, -0.25) is 4.79 Å². The van der Waals surface area contributed by atoms with E-state index in [0.717, 1.165) is 11.1 Å². The van der Waals surface area contributed by atoms with E-state index >= 15 is 0 Å². The van der Waals surface area contributed by atoms with Crippen LogP contribution >= 0.6 is 0 Å². The molecule has 2 aromatic carbocycles. The van der Waals surface area contributed by atoms with Gasteiger partial charge in [0.25, 0.3) is 5.91 Å². The largest absolute Gasteiger partial charge is 0.507 e. The number of aryl methyl sites for hydroxylation is 1. The van der Waals surface area contributed by atoms with Crippen LogP contribution in [0.5, 0.6) is 5.75 Å². The summed E-state index contributed by atoms with van der Waals surface area (Å²) >= 11 is 0. The minimum atomic E-state index is -0.319. The number of carbonyl (C=O) groups excluding carboxylic acids is 1. The Hall–Kier alpha value is -2.33. The number of benzene rings is 2. The number of aliphatic hydroxyl groups is 1. The van der Waals surface area contributed by atoms with Crippen LogP contribution < -0.4 is 5.32 Å². The summed E-state index contributed by atoms with van der Waals surface area (Å²) in [5.41, 5.74) is 2.63. The Kier molecular flexibility index (Phi) is 4.38. The number of para-hydroxylation sites is 1. The van der Waals surface area contributed by atoms with Gasteiger partial charge in [-0.2, -0.15) is 0 Å². The standard InChI is InChI=1S/C16H17NO3/c1-11-4-2-7-14(15(11)19)16(20)17-9-12-5-3-6-13(8-12)10-18/h2-8,18-19H,9-10H2,1H3,(H,17,20). The number of hydrogen-bond donors (Lipinski definition) is 3. The number of phenolic OH excluding ortho intramolecular Hbond substituents is 1. The molecule has 0 spiro atoms. The first kappa shape index (κ1) is 14.1. The van der Waals surface area contributed by atoms with Crippen LogP contribution in [0.1, 0.15) is 27.0 Å². The fourth-order valence-corrected chi connectivity index (χ4v) is 1.96. The molecule has 0 aliphatic carbocycles. The van der Waals surface area contributed by atoms with Crippen molar-refractivity contribution in [1.82, 2.24) is 5.32 Å². The lowest BCUT2D eigenvalue weighted by Crippen LogP contribution is -2.23. The molecule has 104 valence electrons. The Morgan fingerprint density at radius 2 is 1.85 bits per heavy atom. The molecule has 0 heterocycles. The SMILES string of the molecule is Cc1cccc(C(=O)NCc2cccc(CO)c2)c1O. The van der Waals surface area contributed by atoms with E-state index < -0.39 is 0 Å². The van der Waals surface area contributed by atoms with E-state index in [2.05, 4.69) is 5.32 Å². The van der Waals surface area contributed by atoms with E-state index in [0.29, 0.717) is 12.1 Å². The zero-order valence-electron chi connectivity index (χ0n) is 11.3. The molecule has 2 aromatic rings. The molecule has 0 aromatic heterocycles. The molecule has 0 aliphatic rings. The normalized spacial score (nSPS) is 10.3. The van der Waals surface area contributed by atoms with Gasteiger partial charge in [-0.25, -0.2) is 0 Å². The van der Waals surface area contributed by atoms with Crippen molar-refractivity contribution in [2.75, 3.05) is 0 Å². The highest BCUT2D eigenvalue weighted by Gasteiger charge is 2.11. The van der Waals surface area contributed by atoms with Crippen LogP contribution in [0.2, 0.25) is 0 Å². The Labute approximate surface area is 117 Å². The first-order valence-corrected chi connectivity index (χ1v) is 6.37. The second kappa shape index (κ2) is 6.21. The van der Waals surface area contributed by atoms with Gasteiger partial charge in [-0.15, -0.1) is 0 Å². The molecule has 4 nitrogen and oxygen atoms in total. The monoisotopic (exact) mass is 271 g/mol. The molecule has 0 saturated heterocycles. The zero-order chi connectivity index (χ0) is 14.5. The van der Waals surface area contributed by atoms with Crippen LogP contribution in [0.4, 0.5) is 0 Å². The molecule has 0 radical (unpaired) electrons. The molecule has 0 saturated carbocycles. The summed E-state index contributed by atoms with van der Waals surface area (Å²) in [4.78, 5) is 12.0. The lowest BCUT2D eigenvalue weighted by atomic mass is 10.1. The quantitative estimate of drug-likeness (QED) is 0.797. The van der Waals surface area contributed by atoms with Crippen molar-refractivity contribution in [3.05, 3.63) is 64.7 Å². The van der Waals surface area contributed by atoms with Gasteiger partial charge in [0.1, 0.15) is 5.75 Å². The third kappa shape index (κ3) is 3.16. The van der Waals surface area contributed by atoms with Gasteiger partial charge in [-0.05, 0) is 29.7 Å². The summed E-state index contributed by atoms with van der Waals surface area (Å²) in [7, 11) is 0. The maximum Gasteiger partial charge on any atom is 0.255 e. The molecule has 0 bridgehead atoms. The molecule has 20 heavy (non-hydrogen) atoms. The van der Waals surface area contributed by atoms with E-state index in [9.17, 15) is 9.90 Å². The van der Waals surface area contributed by atoms with Gasteiger partial charge in [0.2, 0.25) is 0 Å². The number of aromatic hydroxyl groups is 1. The number of amides is 1. The van der Waals surface area contributed by atoms with E-state index in [4.69, 9.17) is 5.11 Å². The molecule has 0 aliphatic heterocycles. The maximum absolute atomic E-state index is 12.0. The van der Waals surface area contributed by atoms with Crippen LogP contribution in [0.25, 0.3) is 0 Å². The number of hydrogen-bond acceptors (Lipinski definition) is 3. The fraction of sp³-hybridized carbons (Fsp3) is 0.188. The average molecular weight is 271 g/mol. The maximum atomic E-state index is 12.0. The lowest BCUT2D eigenvalue weighted by Gasteiger charge is -2.09. The molecule has 0 fully saturated rings. The first-order valence-electron chi connectivity index (χ1n) is 6.37. The third-order valence-corrected chi connectivity index (χ3v) is 3.11. The number of aliphatic hydroxyl groups excluding tert-OH is 1. The smallest absolute Gasteiger partial charge is 0.255 e. The number of rotatable bonds is 4. The number of phenols is 1. The first-order chi connectivity index (χ1) is 9.61. The highest BCUT2D eigenvalue weighted by molar-refractivity contribution is 5.97. The topological polar surface area (TPSA) is 69.6 Å². The Balaban J connectivity index is 2.06. The summed E-state index contributed by atoms with van der Waals surface area (Å²) in [5, 5.41) is 21.7. The summed E-state index contributed by atoms with van der Waals surface area (Å²) in [5.74, 6) is -0.310. The minimum Gasteiger partial charge on any atom is -0.507 e. The van der Waals surface area contributed by atoms with Gasteiger partial charge in [0.05, 0.1) is 12.2 Å². The van der Waals surface area contributed by atoms with Crippen LogP contribution in [-0.4, -0.2) is 16.1 Å². The second-order valence-electron chi connectivity index (χ2n) is 4.63. The molecular weight excluding hydrogens is 254 g/mol. The van der Waals surface area contributed by atoms with Crippen LogP contribution in [0, 0.1) is 6.92 Å². The lowest BCUT2D eigenvalue weighted by molar-refractivity contribution is 0.0948. The molecule has 4 heteroatoms. The predicted molar refractivity (Wildman–Crippen MR) is 76.4 cm³/mol. The van der Waals surface area contributed by atoms with Gasteiger partial charge in [0, 0.05) is 6.54 Å². The van der Waals surface area contributed by atoms with E-state index in [1.807, 2.05) is 24.3 Å². The third-order valence-electron chi connectivity index (χ3n) is 3.11. The number of nitrogens with one attached hydrogen (secondary N) is 1. The van der Waals surface area contributed by atoms with Gasteiger partial charge in [-0.1, -0.05) is 36.4 Å². The molecule has 2 rings (SSSR count). The molecule has 0 atom stereocenters. The summed E-state index contributed by atoms with van der Waals surface area (Å²) in [6.45, 7) is 2.07. The van der Waals surface area contributed by atoms with Crippen molar-refractivity contribution in [2.45, 2.75) is 20.1 Å². The highest BCUT2D eigenvalue weighted by atomic mass is 16.3. The van der Waals surface area contributed by atoms with E-state index in [-0.39, 0.29) is 23.8 Å². The zero-order valence-corrected chi connectivity index (χ0v) is 11.3. The molecule has 0 unspecified atom stereocenters. The van der Waals surface area contributed by atoms with Crippen LogP contribution in [0.3, 0.4) is 0 Å². The summed E-state index contributed by atoms with van der Waals surface area (Å²) in [6, 6.07) is 12.4. The van der Waals surface area contributed by atoms with Gasteiger partial charge in [0.15, 0.2) is 0 Å². The van der Waals surface area contributed by atoms with Crippen molar-refractivity contribution in [1.29, 1.82) is 0 Å². The van der Waals surface area contributed by atoms with Crippen molar-refractivity contribution in [3.8, 4) is 5.75 Å². The van der Waals surface area contributed by atoms with Crippen molar-refractivity contribution in [3.63, 3.8) is 0 Å². The average Bonchev–Trinajstić information content (AvgIpc) is 2.48. The van der Waals surface area contributed by atoms with Crippen LogP contribution in [-0.2, 0) is 13.2 Å². The fourth-order valence-electron chi connectivity index (χ4n) is 1.96. The highest BCUT2D eigenvalue weighted by Crippen LogP contribution is 2.21. The summed E-state index contributed by atoms with van der Waals surface area (Å²) < 4.78 is 0. The van der Waals surface area contributed by atoms with Crippen LogP contribution in [0.15, 0.2) is 42.5 Å². The van der Waals surface area contributed by atoms with Crippen molar-refractivity contribution in [2.24, 2.45) is 0 Å². The molecule has 3 N–H and O–H groups in total. The van der Waals surface area contributed by atoms with Gasteiger partial charge < -0.3 is 15.5 Å². The molecular formula is C16H17NO3. The second-order valence-corrected chi connectivity index (χ2v) is 4.63. The Morgan fingerprint density at radius 1 is 1.15 bits per heavy atom. The van der Waals surface area contributed by atoms with Crippen molar-refractivity contribution >= 4 is 5.91 Å². The Morgan fingerprint density at radius 3 is 2.60 bits per heavy atom. The van der Waals surface area contributed by atoms with E-state index in [1.165, 1.54) is 0 Å². The number of carbonyl (C=O) groups is 1. The predicted octanol–water partition coefficient (Wildman–Crippen LogP) is 2.12. The summed E-state index contributed by atoms with van der Waals surface area (Å²) in [6.07, 6.45) is 0. The van der Waals surface area contributed by atoms with Gasteiger partial charge >= 0.3 is 0 Å². The van der Waals surface area contributed by atoms with E-state index in [1.54, 1.807) is 25.1 Å². The van der Waals surface area contributed by atoms with Crippen molar-refractivity contribution < 1.29 is 15.0 Å². The molecule has 1 amide bonds.